The molecule has 0 atom stereocenters. The van der Waals surface area contributed by atoms with Crippen LogP contribution in [0.25, 0.3) is 0 Å². The number of anilines is 1. The Morgan fingerprint density at radius 3 is 2.45 bits per heavy atom. The van der Waals surface area contributed by atoms with Crippen LogP contribution in [0.5, 0.6) is 0 Å². The van der Waals surface area contributed by atoms with Crippen LogP contribution in [0.3, 0.4) is 0 Å². The molecule has 5 heteroatoms. The molecule has 2 aromatic rings. The number of rotatable bonds is 3. The van der Waals surface area contributed by atoms with E-state index in [4.69, 9.17) is 0 Å². The van der Waals surface area contributed by atoms with Crippen molar-refractivity contribution >= 4 is 40.2 Å². The monoisotopic (exact) mass is 381 g/mol. The molecule has 2 N–H and O–H groups in total. The van der Waals surface area contributed by atoms with Crippen molar-refractivity contribution in [1.82, 2.24) is 0 Å². The molecule has 0 aliphatic rings. The maximum absolute atomic E-state index is 12.2. The predicted octanol–water partition coefficient (Wildman–Crippen LogP) is 3.55. The van der Waals surface area contributed by atoms with Gasteiger partial charge in [-0.25, -0.2) is 4.79 Å². The lowest BCUT2D eigenvalue weighted by molar-refractivity contribution is 0.0698. The molecule has 0 radical (unpaired) electrons. The zero-order chi connectivity index (χ0) is 14.7. The highest BCUT2D eigenvalue weighted by Crippen LogP contribution is 2.20. The van der Waals surface area contributed by atoms with Gasteiger partial charge in [0.15, 0.2) is 0 Å². The van der Waals surface area contributed by atoms with Crippen LogP contribution in [0.1, 0.15) is 26.3 Å². The predicted molar refractivity (Wildman–Crippen MR) is 85.3 cm³/mol. The molecule has 0 aliphatic carbocycles. The Morgan fingerprint density at radius 1 is 1.10 bits per heavy atom. The van der Waals surface area contributed by atoms with Gasteiger partial charge in [-0.1, -0.05) is 18.2 Å². The van der Waals surface area contributed by atoms with Gasteiger partial charge in [-0.3, -0.25) is 4.79 Å². The second-order valence-corrected chi connectivity index (χ2v) is 5.51. The normalized spacial score (nSPS) is 10.1. The van der Waals surface area contributed by atoms with Gasteiger partial charge in [0.25, 0.3) is 5.91 Å². The smallest absolute Gasteiger partial charge is 0.337 e. The highest BCUT2D eigenvalue weighted by molar-refractivity contribution is 14.1. The summed E-state index contributed by atoms with van der Waals surface area (Å²) in [4.78, 5) is 23.4. The van der Waals surface area contributed by atoms with E-state index in [0.29, 0.717) is 11.3 Å². The van der Waals surface area contributed by atoms with Crippen LogP contribution in [0, 0.1) is 10.5 Å². The van der Waals surface area contributed by atoms with Crippen LogP contribution in [0.2, 0.25) is 0 Å². The van der Waals surface area contributed by atoms with Crippen LogP contribution >= 0.6 is 22.6 Å². The topological polar surface area (TPSA) is 66.4 Å². The number of carbonyl (C=O) groups excluding carboxylic acids is 1. The molecule has 0 spiro atoms. The third kappa shape index (κ3) is 3.16. The van der Waals surface area contributed by atoms with E-state index in [-0.39, 0.29) is 11.5 Å². The molecule has 0 saturated heterocycles. The fourth-order valence-corrected chi connectivity index (χ4v) is 2.31. The Labute approximate surface area is 130 Å². The lowest BCUT2D eigenvalue weighted by atomic mass is 10.1. The number of nitrogens with one attached hydrogen (secondary N) is 1. The quantitative estimate of drug-likeness (QED) is 0.800. The van der Waals surface area contributed by atoms with Gasteiger partial charge < -0.3 is 10.4 Å². The maximum atomic E-state index is 12.2. The first-order valence-electron chi connectivity index (χ1n) is 5.89. The van der Waals surface area contributed by atoms with Crippen LogP contribution < -0.4 is 5.32 Å². The largest absolute Gasteiger partial charge is 0.478 e. The van der Waals surface area contributed by atoms with Gasteiger partial charge >= 0.3 is 5.97 Å². The average molecular weight is 381 g/mol. The fourth-order valence-electron chi connectivity index (χ4n) is 1.82. The highest BCUT2D eigenvalue weighted by Gasteiger charge is 2.14. The van der Waals surface area contributed by atoms with Crippen LogP contribution in [0.4, 0.5) is 5.69 Å². The van der Waals surface area contributed by atoms with E-state index < -0.39 is 5.97 Å². The molecule has 0 unspecified atom stereocenters. The van der Waals surface area contributed by atoms with Gasteiger partial charge in [0.1, 0.15) is 0 Å². The minimum Gasteiger partial charge on any atom is -0.478 e. The van der Waals surface area contributed by atoms with Crippen molar-refractivity contribution in [2.75, 3.05) is 5.32 Å². The van der Waals surface area contributed by atoms with Gasteiger partial charge in [0.2, 0.25) is 0 Å². The molecular weight excluding hydrogens is 369 g/mol. The molecule has 0 aromatic heterocycles. The Morgan fingerprint density at radius 2 is 1.80 bits per heavy atom. The summed E-state index contributed by atoms with van der Waals surface area (Å²) in [5, 5.41) is 11.8. The Balaban J connectivity index is 2.33. The number of aromatic carboxylic acids is 1. The minimum atomic E-state index is -1.07. The fraction of sp³-hybridized carbons (Fsp3) is 0.0667. The number of aryl methyl sites for hydroxylation is 1. The van der Waals surface area contributed by atoms with Crippen molar-refractivity contribution in [2.45, 2.75) is 6.92 Å². The van der Waals surface area contributed by atoms with Gasteiger partial charge in [0, 0.05) is 9.13 Å². The summed E-state index contributed by atoms with van der Waals surface area (Å²) in [6.07, 6.45) is 0. The summed E-state index contributed by atoms with van der Waals surface area (Å²) in [6, 6.07) is 12.0. The van der Waals surface area contributed by atoms with E-state index in [9.17, 15) is 14.7 Å². The maximum Gasteiger partial charge on any atom is 0.337 e. The number of carbonyl (C=O) groups is 2. The number of carboxylic acid groups (broad SMARTS) is 1. The second-order valence-electron chi connectivity index (χ2n) is 4.26. The molecule has 1 amide bonds. The van der Waals surface area contributed by atoms with Crippen LogP contribution in [-0.2, 0) is 0 Å². The van der Waals surface area contributed by atoms with E-state index in [1.165, 1.54) is 6.07 Å². The molecule has 2 aromatic carbocycles. The van der Waals surface area contributed by atoms with E-state index in [1.54, 1.807) is 24.3 Å². The molecule has 102 valence electrons. The number of carboxylic acids is 1. The van der Waals surface area contributed by atoms with Crippen molar-refractivity contribution in [3.8, 4) is 0 Å². The average Bonchev–Trinajstić information content (AvgIpc) is 2.41. The van der Waals surface area contributed by atoms with E-state index in [2.05, 4.69) is 5.32 Å². The summed E-state index contributed by atoms with van der Waals surface area (Å²) < 4.78 is 0.800. The molecule has 4 nitrogen and oxygen atoms in total. The molecule has 0 heterocycles. The number of hydrogen-bond donors (Lipinski definition) is 2. The summed E-state index contributed by atoms with van der Waals surface area (Å²) in [7, 11) is 0. The number of benzene rings is 2. The van der Waals surface area contributed by atoms with Gasteiger partial charge in [-0.15, -0.1) is 0 Å². The van der Waals surface area contributed by atoms with E-state index in [1.807, 2.05) is 41.6 Å². The highest BCUT2D eigenvalue weighted by atomic mass is 127. The molecule has 0 aliphatic heterocycles. The van der Waals surface area contributed by atoms with Gasteiger partial charge in [-0.2, -0.15) is 0 Å². The van der Waals surface area contributed by atoms with Crippen molar-refractivity contribution < 1.29 is 14.7 Å². The molecular formula is C15H12INO3. The van der Waals surface area contributed by atoms with Crippen molar-refractivity contribution in [1.29, 1.82) is 0 Å². The lowest BCUT2D eigenvalue weighted by Gasteiger charge is -2.10. The summed E-state index contributed by atoms with van der Waals surface area (Å²) in [6.45, 7) is 1.83. The minimum absolute atomic E-state index is 0.0823. The van der Waals surface area contributed by atoms with Gasteiger partial charge in [-0.05, 0) is 59.3 Å². The van der Waals surface area contributed by atoms with Crippen molar-refractivity contribution in [3.05, 3.63) is 62.7 Å². The van der Waals surface area contributed by atoms with E-state index in [0.717, 1.165) is 9.13 Å². The Kier molecular flexibility index (Phi) is 4.39. The summed E-state index contributed by atoms with van der Waals surface area (Å²) in [5.41, 5.74) is 1.75. The first-order chi connectivity index (χ1) is 9.49. The first-order valence-corrected chi connectivity index (χ1v) is 6.96. The Hall–Kier alpha value is -1.89. The summed E-state index contributed by atoms with van der Waals surface area (Å²) in [5.74, 6) is -1.38. The number of amides is 1. The van der Waals surface area contributed by atoms with Crippen molar-refractivity contribution in [3.63, 3.8) is 0 Å². The Bertz CT molecular complexity index is 683. The zero-order valence-electron chi connectivity index (χ0n) is 10.7. The summed E-state index contributed by atoms with van der Waals surface area (Å²) >= 11 is 2.03. The van der Waals surface area contributed by atoms with Gasteiger partial charge in [0.05, 0.1) is 11.3 Å². The second kappa shape index (κ2) is 6.04. The van der Waals surface area contributed by atoms with Crippen molar-refractivity contribution in [2.24, 2.45) is 0 Å². The molecule has 0 fully saturated rings. The third-order valence-corrected chi connectivity index (χ3v) is 3.52. The third-order valence-electron chi connectivity index (χ3n) is 2.85. The number of hydrogen-bond acceptors (Lipinski definition) is 2. The molecule has 0 bridgehead atoms. The molecule has 20 heavy (non-hydrogen) atoms. The SMILES string of the molecule is Cc1ccccc1C(=O)Nc1ccc(I)cc1C(=O)O. The van der Waals surface area contributed by atoms with Crippen LogP contribution in [-0.4, -0.2) is 17.0 Å². The lowest BCUT2D eigenvalue weighted by Crippen LogP contribution is -2.16. The van der Waals surface area contributed by atoms with E-state index >= 15 is 0 Å². The zero-order valence-corrected chi connectivity index (χ0v) is 12.8. The molecule has 2 rings (SSSR count). The first kappa shape index (κ1) is 14.5. The molecule has 0 saturated carbocycles. The number of halogens is 1. The van der Waals surface area contributed by atoms with Crippen LogP contribution in [0.15, 0.2) is 42.5 Å². The standard InChI is InChI=1S/C15H12INO3/c1-9-4-2-3-5-11(9)14(18)17-13-7-6-10(16)8-12(13)15(19)20/h2-8H,1H3,(H,17,18)(H,19,20).